The normalized spacial score (nSPS) is 13.0. The van der Waals surface area contributed by atoms with Crippen molar-refractivity contribution in [3.05, 3.63) is 175 Å². The number of aryl methyl sites for hydroxylation is 1. The summed E-state index contributed by atoms with van der Waals surface area (Å²) in [5.41, 5.74) is 10.5. The quantitative estimate of drug-likeness (QED) is 0.159. The maximum absolute atomic E-state index is 2.43. The smallest absolute Gasteiger partial charge is 0.0361 e. The zero-order valence-electron chi connectivity index (χ0n) is 29.4. The van der Waals surface area contributed by atoms with Crippen molar-refractivity contribution in [1.82, 2.24) is 0 Å². The molecule has 0 unspecified atom stereocenters. The Morgan fingerprint density at radius 3 is 1.57 bits per heavy atom. The third-order valence-corrected chi connectivity index (χ3v) is 13.9. The highest BCUT2D eigenvalue weighted by Crippen LogP contribution is 2.45. The Morgan fingerprint density at radius 1 is 0.352 bits per heavy atom. The van der Waals surface area contributed by atoms with Gasteiger partial charge in [0.05, 0.1) is 0 Å². The molecule has 0 saturated carbocycles. The highest BCUT2D eigenvalue weighted by atomic mass is 32.1. The topological polar surface area (TPSA) is 0 Å². The molecule has 0 saturated heterocycles. The Balaban J connectivity index is 0.976. The summed E-state index contributed by atoms with van der Waals surface area (Å²) in [5, 5.41) is 13.2. The average Bonchev–Trinajstić information content (AvgIpc) is 3.77. The Bertz CT molecular complexity index is 3310. The van der Waals surface area contributed by atoms with Gasteiger partial charge in [0.25, 0.3) is 0 Å². The van der Waals surface area contributed by atoms with Gasteiger partial charge in [-0.2, -0.15) is 0 Å². The van der Waals surface area contributed by atoms with Crippen molar-refractivity contribution in [2.75, 3.05) is 0 Å². The van der Waals surface area contributed by atoms with Gasteiger partial charge in [-0.05, 0) is 132 Å². The molecule has 0 nitrogen and oxygen atoms in total. The molecule has 12 rings (SSSR count). The summed E-state index contributed by atoms with van der Waals surface area (Å²) >= 11 is 3.79. The van der Waals surface area contributed by atoms with E-state index in [1.807, 2.05) is 22.7 Å². The number of allylic oxidation sites excluding steroid dienone is 1. The number of rotatable bonds is 3. The second kappa shape index (κ2) is 11.7. The predicted octanol–water partition coefficient (Wildman–Crippen LogP) is 15.8. The van der Waals surface area contributed by atoms with E-state index >= 15 is 0 Å². The van der Waals surface area contributed by atoms with Crippen molar-refractivity contribution in [2.24, 2.45) is 0 Å². The Morgan fingerprint density at radius 2 is 0.870 bits per heavy atom. The molecule has 1 aliphatic rings. The maximum Gasteiger partial charge on any atom is 0.0361 e. The minimum Gasteiger partial charge on any atom is -0.135 e. The molecular formula is C52H32S2. The van der Waals surface area contributed by atoms with E-state index in [9.17, 15) is 0 Å². The summed E-state index contributed by atoms with van der Waals surface area (Å²) in [6.45, 7) is 0. The molecule has 0 N–H and O–H groups in total. The Hall–Kier alpha value is -6.06. The molecule has 2 heteroatoms. The molecule has 0 fully saturated rings. The molecule has 9 aromatic carbocycles. The van der Waals surface area contributed by atoms with Crippen molar-refractivity contribution in [2.45, 2.75) is 12.8 Å². The average molecular weight is 721 g/mol. The van der Waals surface area contributed by atoms with Crippen LogP contribution in [-0.2, 0) is 6.42 Å². The first kappa shape index (κ1) is 30.4. The maximum atomic E-state index is 2.43. The zero-order valence-corrected chi connectivity index (χ0v) is 31.0. The van der Waals surface area contributed by atoms with Gasteiger partial charge in [-0.3, -0.25) is 0 Å². The van der Waals surface area contributed by atoms with Crippen molar-refractivity contribution >= 4 is 101 Å². The van der Waals surface area contributed by atoms with Crippen LogP contribution in [0.15, 0.2) is 164 Å². The summed E-state index contributed by atoms with van der Waals surface area (Å²) < 4.78 is 5.40. The van der Waals surface area contributed by atoms with E-state index in [2.05, 4.69) is 170 Å². The highest BCUT2D eigenvalue weighted by Gasteiger charge is 2.18. The highest BCUT2D eigenvalue weighted by molar-refractivity contribution is 7.26. The molecule has 54 heavy (non-hydrogen) atoms. The van der Waals surface area contributed by atoms with Crippen molar-refractivity contribution in [1.29, 1.82) is 0 Å². The second-order valence-electron chi connectivity index (χ2n) is 14.7. The number of fused-ring (bicyclic) bond motifs is 10. The van der Waals surface area contributed by atoms with E-state index in [0.717, 1.165) is 12.8 Å². The summed E-state index contributed by atoms with van der Waals surface area (Å²) in [7, 11) is 0. The summed E-state index contributed by atoms with van der Waals surface area (Å²) in [6.07, 6.45) is 6.78. The first-order valence-corrected chi connectivity index (χ1v) is 20.4. The summed E-state index contributed by atoms with van der Waals surface area (Å²) in [6, 6.07) is 59.7. The van der Waals surface area contributed by atoms with Gasteiger partial charge >= 0.3 is 0 Å². The predicted molar refractivity (Wildman–Crippen MR) is 238 cm³/mol. The Kier molecular flexibility index (Phi) is 6.60. The molecule has 0 radical (unpaired) electrons. The fraction of sp³-hybridized carbons (Fsp3) is 0.0385. The third kappa shape index (κ3) is 4.61. The van der Waals surface area contributed by atoms with Gasteiger partial charge in [-0.25, -0.2) is 0 Å². The molecule has 1 aliphatic carbocycles. The molecule has 2 aromatic heterocycles. The molecule has 2 heterocycles. The van der Waals surface area contributed by atoms with E-state index < -0.39 is 0 Å². The largest absolute Gasteiger partial charge is 0.135 e. The van der Waals surface area contributed by atoms with Crippen LogP contribution in [0.25, 0.3) is 112 Å². The van der Waals surface area contributed by atoms with Gasteiger partial charge in [-0.1, -0.05) is 127 Å². The van der Waals surface area contributed by atoms with Crippen LogP contribution in [0.3, 0.4) is 0 Å². The van der Waals surface area contributed by atoms with E-state index in [1.54, 1.807) is 0 Å². The van der Waals surface area contributed by atoms with E-state index in [1.165, 1.54) is 117 Å². The zero-order chi connectivity index (χ0) is 35.3. The van der Waals surface area contributed by atoms with Crippen LogP contribution in [0.1, 0.15) is 17.5 Å². The van der Waals surface area contributed by atoms with E-state index in [-0.39, 0.29) is 0 Å². The van der Waals surface area contributed by atoms with Crippen LogP contribution in [0.5, 0.6) is 0 Å². The van der Waals surface area contributed by atoms with Crippen molar-refractivity contribution in [3.8, 4) is 33.4 Å². The summed E-state index contributed by atoms with van der Waals surface area (Å²) in [5.74, 6) is 0. The number of hydrogen-bond acceptors (Lipinski definition) is 2. The molecule has 11 aromatic rings. The van der Waals surface area contributed by atoms with Crippen molar-refractivity contribution < 1.29 is 0 Å². The first-order valence-electron chi connectivity index (χ1n) is 18.8. The van der Waals surface area contributed by atoms with Gasteiger partial charge < -0.3 is 0 Å². The summed E-state index contributed by atoms with van der Waals surface area (Å²) in [4.78, 5) is 0. The lowest BCUT2D eigenvalue weighted by Gasteiger charge is -2.19. The molecule has 0 amide bonds. The molecule has 0 bridgehead atoms. The van der Waals surface area contributed by atoms with Crippen LogP contribution in [0, 0.1) is 0 Å². The number of thiophene rings is 2. The van der Waals surface area contributed by atoms with Crippen LogP contribution in [0.4, 0.5) is 0 Å². The molecule has 0 atom stereocenters. The van der Waals surface area contributed by atoms with Gasteiger partial charge in [0, 0.05) is 40.3 Å². The molecule has 252 valence electrons. The number of hydrogen-bond donors (Lipinski definition) is 0. The van der Waals surface area contributed by atoms with Crippen LogP contribution >= 0.6 is 22.7 Å². The lowest BCUT2D eigenvalue weighted by Crippen LogP contribution is -1.96. The minimum atomic E-state index is 1.10. The van der Waals surface area contributed by atoms with Gasteiger partial charge in [-0.15, -0.1) is 22.7 Å². The fourth-order valence-corrected chi connectivity index (χ4v) is 11.3. The standard InChI is InChI=1S/C52H32S2/c1-2-10-34-25-36(22-19-31(34)9-1)52-42-14-5-3-12-40(42)51(41-13-4-6-15-43(41)52)33-20-17-32(18-21-33)35-23-24-48-45(26-35)46-28-37-27-44-39-11-7-8-16-47(39)53-49(44)29-38(37)30-50(46)54-48/h1,3-9,11-30H,2,10H2. The van der Waals surface area contributed by atoms with Gasteiger partial charge in [0.2, 0.25) is 0 Å². The monoisotopic (exact) mass is 720 g/mol. The van der Waals surface area contributed by atoms with Gasteiger partial charge in [0.1, 0.15) is 0 Å². The lowest BCUT2D eigenvalue weighted by atomic mass is 9.84. The number of benzene rings is 9. The van der Waals surface area contributed by atoms with Crippen LogP contribution < -0.4 is 0 Å². The third-order valence-electron chi connectivity index (χ3n) is 11.7. The first-order chi connectivity index (χ1) is 26.7. The Labute approximate surface area is 320 Å². The van der Waals surface area contributed by atoms with Crippen molar-refractivity contribution in [3.63, 3.8) is 0 Å². The van der Waals surface area contributed by atoms with E-state index in [4.69, 9.17) is 0 Å². The fourth-order valence-electron chi connectivity index (χ4n) is 9.09. The SMILES string of the molecule is C1=Cc2ccc(-c3c4ccccc4c(-c4ccc(-c5ccc6sc7cc8cc9sc%10ccccc%10c9cc8cc7c6c5)cc4)c4ccccc34)cc2CC1. The molecule has 0 spiro atoms. The molecule has 0 aliphatic heterocycles. The van der Waals surface area contributed by atoms with Gasteiger partial charge in [0.15, 0.2) is 0 Å². The lowest BCUT2D eigenvalue weighted by molar-refractivity contribution is 0.986. The second-order valence-corrected chi connectivity index (χ2v) is 16.9. The molecular weight excluding hydrogens is 689 g/mol. The minimum absolute atomic E-state index is 1.10. The van der Waals surface area contributed by atoms with Crippen LogP contribution in [0.2, 0.25) is 0 Å². The van der Waals surface area contributed by atoms with Crippen LogP contribution in [-0.4, -0.2) is 0 Å². The van der Waals surface area contributed by atoms with E-state index in [0.29, 0.717) is 0 Å².